The SMILES string of the molecule is CCOc1cccc(CN2CCN(C3CCCCC3)[C@@H](CCO)C2)c1O. The number of ether oxygens (including phenoxy) is 1. The summed E-state index contributed by atoms with van der Waals surface area (Å²) >= 11 is 0. The van der Waals surface area contributed by atoms with Crippen LogP contribution in [0.3, 0.4) is 0 Å². The number of nitrogens with zero attached hydrogens (tertiary/aromatic N) is 2. The molecule has 1 saturated heterocycles. The van der Waals surface area contributed by atoms with Crippen molar-refractivity contribution in [3.63, 3.8) is 0 Å². The summed E-state index contributed by atoms with van der Waals surface area (Å²) in [5.74, 6) is 0.834. The molecule has 0 unspecified atom stereocenters. The van der Waals surface area contributed by atoms with Crippen molar-refractivity contribution in [2.24, 2.45) is 0 Å². The van der Waals surface area contributed by atoms with Crippen molar-refractivity contribution >= 4 is 0 Å². The van der Waals surface area contributed by atoms with Gasteiger partial charge >= 0.3 is 0 Å². The molecule has 3 rings (SSSR count). The van der Waals surface area contributed by atoms with E-state index in [4.69, 9.17) is 4.74 Å². The molecule has 1 aromatic rings. The number of piperazine rings is 1. The summed E-state index contributed by atoms with van der Waals surface area (Å²) in [7, 11) is 0. The van der Waals surface area contributed by atoms with E-state index in [1.165, 1.54) is 32.1 Å². The van der Waals surface area contributed by atoms with Crippen LogP contribution < -0.4 is 4.74 Å². The van der Waals surface area contributed by atoms with Gasteiger partial charge < -0.3 is 14.9 Å². The van der Waals surface area contributed by atoms with Crippen LogP contribution in [0.1, 0.15) is 51.0 Å². The van der Waals surface area contributed by atoms with Gasteiger partial charge in [0, 0.05) is 50.4 Å². The van der Waals surface area contributed by atoms with E-state index in [-0.39, 0.29) is 12.4 Å². The lowest BCUT2D eigenvalue weighted by Crippen LogP contribution is -2.56. The summed E-state index contributed by atoms with van der Waals surface area (Å²) in [4.78, 5) is 5.06. The van der Waals surface area contributed by atoms with Gasteiger partial charge in [-0.05, 0) is 32.3 Å². The Kier molecular flexibility index (Phi) is 7.17. The first-order chi connectivity index (χ1) is 12.7. The average molecular weight is 363 g/mol. The molecule has 1 heterocycles. The van der Waals surface area contributed by atoms with Gasteiger partial charge in [-0.15, -0.1) is 0 Å². The minimum absolute atomic E-state index is 0.243. The van der Waals surface area contributed by atoms with E-state index >= 15 is 0 Å². The Labute approximate surface area is 157 Å². The monoisotopic (exact) mass is 362 g/mol. The minimum Gasteiger partial charge on any atom is -0.504 e. The first-order valence-electron chi connectivity index (χ1n) is 10.3. The quantitative estimate of drug-likeness (QED) is 0.781. The predicted molar refractivity (Wildman–Crippen MR) is 104 cm³/mol. The highest BCUT2D eigenvalue weighted by Gasteiger charge is 2.32. The number of phenolic OH excluding ortho intramolecular Hbond substituents is 1. The zero-order valence-corrected chi connectivity index (χ0v) is 16.1. The first-order valence-corrected chi connectivity index (χ1v) is 10.3. The number of para-hydroxylation sites is 1. The van der Waals surface area contributed by atoms with Crippen molar-refractivity contribution < 1.29 is 14.9 Å². The normalized spacial score (nSPS) is 23.2. The molecule has 2 fully saturated rings. The van der Waals surface area contributed by atoms with Gasteiger partial charge in [-0.1, -0.05) is 31.4 Å². The molecule has 2 aliphatic rings. The Hall–Kier alpha value is -1.30. The third-order valence-electron chi connectivity index (χ3n) is 5.89. The van der Waals surface area contributed by atoms with Gasteiger partial charge in [-0.3, -0.25) is 9.80 Å². The molecule has 0 amide bonds. The lowest BCUT2D eigenvalue weighted by atomic mass is 9.91. The lowest BCUT2D eigenvalue weighted by molar-refractivity contribution is 0.0134. The molecule has 146 valence electrons. The summed E-state index contributed by atoms with van der Waals surface area (Å²) in [6.45, 7) is 6.47. The fourth-order valence-corrected chi connectivity index (χ4v) is 4.59. The molecule has 0 aromatic heterocycles. The Balaban J connectivity index is 1.64. The molecule has 5 heteroatoms. The smallest absolute Gasteiger partial charge is 0.162 e. The van der Waals surface area contributed by atoms with Crippen molar-refractivity contribution in [1.29, 1.82) is 0 Å². The third-order valence-corrected chi connectivity index (χ3v) is 5.89. The number of benzene rings is 1. The van der Waals surface area contributed by atoms with Crippen LogP contribution in [0.4, 0.5) is 0 Å². The van der Waals surface area contributed by atoms with E-state index in [2.05, 4.69) is 9.80 Å². The van der Waals surface area contributed by atoms with Crippen LogP contribution in [0.2, 0.25) is 0 Å². The van der Waals surface area contributed by atoms with Gasteiger partial charge in [0.05, 0.1) is 6.61 Å². The lowest BCUT2D eigenvalue weighted by Gasteiger charge is -2.46. The van der Waals surface area contributed by atoms with Crippen LogP contribution in [0.5, 0.6) is 11.5 Å². The van der Waals surface area contributed by atoms with Gasteiger partial charge in [0.15, 0.2) is 11.5 Å². The molecule has 0 bridgehead atoms. The van der Waals surface area contributed by atoms with Crippen molar-refractivity contribution in [1.82, 2.24) is 9.80 Å². The van der Waals surface area contributed by atoms with Gasteiger partial charge in [0.1, 0.15) is 0 Å². The van der Waals surface area contributed by atoms with E-state index in [1.807, 2.05) is 25.1 Å². The van der Waals surface area contributed by atoms with Gasteiger partial charge in [0.25, 0.3) is 0 Å². The zero-order valence-electron chi connectivity index (χ0n) is 16.1. The second-order valence-corrected chi connectivity index (χ2v) is 7.63. The Bertz CT molecular complexity index is 560. The first kappa shape index (κ1) is 19.5. The molecule has 26 heavy (non-hydrogen) atoms. The predicted octanol–water partition coefficient (Wildman–Crippen LogP) is 2.99. The average Bonchev–Trinajstić information content (AvgIpc) is 2.66. The number of aromatic hydroxyl groups is 1. The van der Waals surface area contributed by atoms with Crippen LogP contribution in [-0.4, -0.2) is 64.9 Å². The van der Waals surface area contributed by atoms with Crippen molar-refractivity contribution in [2.75, 3.05) is 32.8 Å². The maximum absolute atomic E-state index is 10.5. The van der Waals surface area contributed by atoms with Crippen LogP contribution in [-0.2, 0) is 6.54 Å². The molecule has 1 aromatic carbocycles. The second kappa shape index (κ2) is 9.58. The highest BCUT2D eigenvalue weighted by atomic mass is 16.5. The molecular weight excluding hydrogens is 328 g/mol. The molecular formula is C21H34N2O3. The second-order valence-electron chi connectivity index (χ2n) is 7.63. The van der Waals surface area contributed by atoms with Gasteiger partial charge in [-0.25, -0.2) is 0 Å². The van der Waals surface area contributed by atoms with Crippen molar-refractivity contribution in [3.05, 3.63) is 23.8 Å². The molecule has 0 spiro atoms. The van der Waals surface area contributed by atoms with E-state index in [1.54, 1.807) is 0 Å². The van der Waals surface area contributed by atoms with E-state index in [9.17, 15) is 10.2 Å². The largest absolute Gasteiger partial charge is 0.504 e. The molecule has 5 nitrogen and oxygen atoms in total. The van der Waals surface area contributed by atoms with E-state index < -0.39 is 0 Å². The van der Waals surface area contributed by atoms with Crippen LogP contribution in [0.25, 0.3) is 0 Å². The fourth-order valence-electron chi connectivity index (χ4n) is 4.59. The van der Waals surface area contributed by atoms with Crippen molar-refractivity contribution in [2.45, 2.75) is 64.1 Å². The van der Waals surface area contributed by atoms with E-state index in [0.29, 0.717) is 24.4 Å². The van der Waals surface area contributed by atoms with Gasteiger partial charge in [0.2, 0.25) is 0 Å². The Morgan fingerprint density at radius 2 is 1.96 bits per heavy atom. The number of rotatable bonds is 7. The zero-order chi connectivity index (χ0) is 18.4. The van der Waals surface area contributed by atoms with Gasteiger partial charge in [-0.2, -0.15) is 0 Å². The summed E-state index contributed by atoms with van der Waals surface area (Å²) in [6, 6.07) is 6.85. The summed E-state index contributed by atoms with van der Waals surface area (Å²) < 4.78 is 5.51. The minimum atomic E-state index is 0.243. The maximum Gasteiger partial charge on any atom is 0.162 e. The topological polar surface area (TPSA) is 56.2 Å². The highest BCUT2D eigenvalue weighted by Crippen LogP contribution is 2.32. The molecule has 1 saturated carbocycles. The van der Waals surface area contributed by atoms with E-state index in [0.717, 1.165) is 38.2 Å². The van der Waals surface area contributed by atoms with Crippen LogP contribution in [0.15, 0.2) is 18.2 Å². The summed E-state index contributed by atoms with van der Waals surface area (Å²) in [5.41, 5.74) is 0.921. The Morgan fingerprint density at radius 1 is 1.15 bits per heavy atom. The Morgan fingerprint density at radius 3 is 2.69 bits per heavy atom. The molecule has 1 atom stereocenters. The molecule has 1 aliphatic heterocycles. The number of hydrogen-bond donors (Lipinski definition) is 2. The standard InChI is InChI=1S/C21H34N2O3/c1-2-26-20-10-6-7-17(21(20)25)15-22-12-13-23(19(16-22)11-14-24)18-8-4-3-5-9-18/h6-7,10,18-19,24-25H,2-5,8-9,11-16H2,1H3/t19-/m0/s1. The third kappa shape index (κ3) is 4.70. The number of hydrogen-bond acceptors (Lipinski definition) is 5. The van der Waals surface area contributed by atoms with Crippen LogP contribution >= 0.6 is 0 Å². The molecule has 2 N–H and O–H groups in total. The fraction of sp³-hybridized carbons (Fsp3) is 0.714. The molecule has 0 radical (unpaired) electrons. The highest BCUT2D eigenvalue weighted by molar-refractivity contribution is 5.45. The summed E-state index contributed by atoms with van der Waals surface area (Å²) in [5, 5.41) is 20.0. The van der Waals surface area contributed by atoms with Crippen molar-refractivity contribution in [3.8, 4) is 11.5 Å². The molecule has 1 aliphatic carbocycles. The number of aliphatic hydroxyl groups is 1. The number of aliphatic hydroxyl groups excluding tert-OH is 1. The number of phenols is 1. The van der Waals surface area contributed by atoms with Crippen LogP contribution in [0, 0.1) is 0 Å². The summed E-state index contributed by atoms with van der Waals surface area (Å²) in [6.07, 6.45) is 7.50. The maximum atomic E-state index is 10.5.